The second kappa shape index (κ2) is 19.5. The lowest BCUT2D eigenvalue weighted by molar-refractivity contribution is -0.150. The highest BCUT2D eigenvalue weighted by Gasteiger charge is 2.54. The van der Waals surface area contributed by atoms with E-state index in [0.29, 0.717) is 37.3 Å². The first-order valence-electron chi connectivity index (χ1n) is 14.1. The minimum absolute atomic E-state index is 0.0529. The second-order valence-electron chi connectivity index (χ2n) is 11.6. The third-order valence-electron chi connectivity index (χ3n) is 7.56. The van der Waals surface area contributed by atoms with Gasteiger partial charge in [-0.15, -0.1) is 30.8 Å². The van der Waals surface area contributed by atoms with Gasteiger partial charge >= 0.3 is 20.7 Å². The van der Waals surface area contributed by atoms with Crippen molar-refractivity contribution in [1.82, 2.24) is 20.4 Å². The van der Waals surface area contributed by atoms with Crippen LogP contribution in [-0.4, -0.2) is 131 Å². The quantitative estimate of drug-likeness (QED) is 0.0341. The molecule has 42 heavy (non-hydrogen) atoms. The summed E-state index contributed by atoms with van der Waals surface area (Å²) >= 11 is 2.09. The molecule has 0 aromatic heterocycles. The summed E-state index contributed by atoms with van der Waals surface area (Å²) in [6, 6.07) is 0. The summed E-state index contributed by atoms with van der Waals surface area (Å²) in [7, 11) is 2.45. The van der Waals surface area contributed by atoms with Crippen molar-refractivity contribution in [3.05, 3.63) is 0 Å². The molecule has 2 amide bonds. The highest BCUT2D eigenvalue weighted by Crippen LogP contribution is 2.49. The summed E-state index contributed by atoms with van der Waals surface area (Å²) in [6.45, 7) is 6.46. The van der Waals surface area contributed by atoms with Crippen LogP contribution >= 0.6 is 30.8 Å². The van der Waals surface area contributed by atoms with Crippen molar-refractivity contribution in [1.29, 1.82) is 0 Å². The van der Waals surface area contributed by atoms with Gasteiger partial charge in [-0.25, -0.2) is 0 Å². The fourth-order valence-corrected chi connectivity index (χ4v) is 10.7. The van der Waals surface area contributed by atoms with Gasteiger partial charge in [0, 0.05) is 18.6 Å². The van der Waals surface area contributed by atoms with Gasteiger partial charge in [-0.2, -0.15) is 0 Å². The number of hydrogen-bond acceptors (Lipinski definition) is 9. The van der Waals surface area contributed by atoms with Gasteiger partial charge in [0.25, 0.3) is 0 Å². The van der Waals surface area contributed by atoms with Crippen LogP contribution in [0.2, 0.25) is 5.54 Å². The van der Waals surface area contributed by atoms with Gasteiger partial charge in [-0.1, -0.05) is 20.8 Å². The van der Waals surface area contributed by atoms with Crippen molar-refractivity contribution < 1.29 is 43.8 Å². The Morgan fingerprint density at radius 1 is 0.929 bits per heavy atom. The van der Waals surface area contributed by atoms with Crippen LogP contribution in [-0.2, 0) is 19.2 Å². The molecule has 0 aliphatic carbocycles. The Morgan fingerprint density at radius 3 is 1.76 bits per heavy atom. The van der Waals surface area contributed by atoms with Crippen LogP contribution < -0.4 is 10.6 Å². The van der Waals surface area contributed by atoms with Crippen LogP contribution in [0.15, 0.2) is 0 Å². The molecular weight excluding hydrogens is 697 g/mol. The number of carboxylic acid groups (broad SMARTS) is 2. The smallest absolute Gasteiger partial charge is 0.481 e. The fraction of sp³-hybridized carbons (Fsp3) is 0.840. The van der Waals surface area contributed by atoms with E-state index in [0.717, 1.165) is 0 Å². The van der Waals surface area contributed by atoms with Gasteiger partial charge in [0.1, 0.15) is 0 Å². The molecule has 0 aliphatic rings. The third-order valence-corrected chi connectivity index (χ3v) is 11.9. The minimum Gasteiger partial charge on any atom is -0.481 e. The summed E-state index contributed by atoms with van der Waals surface area (Å²) in [5.41, 5.74) is -1.44. The van der Waals surface area contributed by atoms with Crippen molar-refractivity contribution in [2.24, 2.45) is 23.7 Å². The van der Waals surface area contributed by atoms with Gasteiger partial charge in [0.2, 0.25) is 16.7 Å². The van der Waals surface area contributed by atoms with Gasteiger partial charge in [-0.05, 0) is 72.1 Å². The molecule has 0 saturated heterocycles. The number of rotatable bonds is 22. The SMILES string of the molecule is CCC(C(C(=O)NCCCN(C)C)C(CC(C)(PBI)C(C(=O)NCCCN(C)C)C(C)C(=O)O)C(=O)O)[Si](O)(O)O. The van der Waals surface area contributed by atoms with E-state index in [1.165, 1.54) is 13.8 Å². The van der Waals surface area contributed by atoms with E-state index < -0.39 is 66.9 Å². The molecule has 0 spiro atoms. The zero-order valence-electron chi connectivity index (χ0n) is 25.9. The molecule has 244 valence electrons. The number of halogens is 1. The molecule has 7 N–H and O–H groups in total. The lowest BCUT2D eigenvalue weighted by atomic mass is 9.73. The van der Waals surface area contributed by atoms with Gasteiger partial charge in [-0.3, -0.25) is 19.2 Å². The molecule has 17 heteroatoms. The molecule has 0 aliphatic heterocycles. The number of carboxylic acids is 2. The number of nitrogens with one attached hydrogen (secondary N) is 2. The summed E-state index contributed by atoms with van der Waals surface area (Å²) in [4.78, 5) is 87.4. The number of amides is 2. The van der Waals surface area contributed by atoms with Crippen molar-refractivity contribution >= 4 is 68.2 Å². The Hall–Kier alpha value is -0.878. The minimum atomic E-state index is -5.01. The molecule has 0 rings (SSSR count). The van der Waals surface area contributed by atoms with E-state index in [1.807, 2.05) is 38.0 Å². The maximum Gasteiger partial charge on any atom is 0.496 e. The first-order chi connectivity index (χ1) is 19.3. The molecule has 7 unspecified atom stereocenters. The third kappa shape index (κ3) is 13.8. The van der Waals surface area contributed by atoms with Crippen LogP contribution in [0.5, 0.6) is 0 Å². The van der Waals surface area contributed by atoms with Crippen LogP contribution in [0, 0.1) is 23.7 Å². The fourth-order valence-electron chi connectivity index (χ4n) is 5.35. The topological polar surface area (TPSA) is 200 Å². The van der Waals surface area contributed by atoms with E-state index in [-0.39, 0.29) is 27.8 Å². The average Bonchev–Trinajstić information content (AvgIpc) is 2.85. The lowest BCUT2D eigenvalue weighted by Gasteiger charge is -2.42. The van der Waals surface area contributed by atoms with E-state index in [1.54, 1.807) is 6.92 Å². The Balaban J connectivity index is 6.67. The summed E-state index contributed by atoms with van der Waals surface area (Å²) in [6.07, 6.45) is 0.816. The maximum absolute atomic E-state index is 13.6. The Labute approximate surface area is 266 Å². The zero-order chi connectivity index (χ0) is 32.8. The van der Waals surface area contributed by atoms with Gasteiger partial charge in [0.05, 0.1) is 23.7 Å². The first kappa shape index (κ1) is 41.1. The highest BCUT2D eigenvalue weighted by atomic mass is 127. The summed E-state index contributed by atoms with van der Waals surface area (Å²) in [5.74, 6) is -9.23. The molecule has 13 nitrogen and oxygen atoms in total. The Kier molecular flexibility index (Phi) is 19.1. The molecule has 0 bridgehead atoms. The normalized spacial score (nSPS) is 17.4. The summed E-state index contributed by atoms with van der Waals surface area (Å²) in [5, 5.41) is 24.7. The molecule has 0 saturated carbocycles. The van der Waals surface area contributed by atoms with Gasteiger partial charge in [0.15, 0.2) is 0 Å². The largest absolute Gasteiger partial charge is 0.496 e. The maximum atomic E-state index is 13.6. The monoisotopic (exact) mass is 748 g/mol. The predicted molar refractivity (Wildman–Crippen MR) is 176 cm³/mol. The van der Waals surface area contributed by atoms with Crippen molar-refractivity contribution in [2.75, 3.05) is 54.4 Å². The molecular formula is C25H51BIN4O9PSi. The number of carbonyl (C=O) groups is 4. The molecule has 0 aromatic carbocycles. The zero-order valence-corrected chi connectivity index (χ0v) is 30.0. The van der Waals surface area contributed by atoms with Crippen molar-refractivity contribution in [2.45, 2.75) is 57.2 Å². The van der Waals surface area contributed by atoms with E-state index in [4.69, 9.17) is 0 Å². The van der Waals surface area contributed by atoms with Crippen LogP contribution in [0.3, 0.4) is 0 Å². The van der Waals surface area contributed by atoms with Crippen molar-refractivity contribution in [3.63, 3.8) is 0 Å². The molecule has 0 fully saturated rings. The molecule has 0 aromatic rings. The standard InChI is InChI=1S/C25H51BIN4O9PSi/c1-8-18(42(38,39)40)19(21(32)28-11-9-13-30(4)5)17(24(36)37)15-25(3,41-26-27)20(16(2)23(34)35)22(33)29-12-10-14-31(6)7/h16-20,26,38-41H,8-15H2,1-7H3,(H,28,32)(H,29,33)(H,34,35)(H,36,37). The van der Waals surface area contributed by atoms with Crippen LogP contribution in [0.1, 0.15) is 46.5 Å². The number of aliphatic carboxylic acids is 2. The average molecular weight is 748 g/mol. The van der Waals surface area contributed by atoms with Crippen molar-refractivity contribution in [3.8, 4) is 0 Å². The predicted octanol–water partition coefficient (Wildman–Crippen LogP) is 0.000900. The first-order valence-corrected chi connectivity index (χ1v) is 18.8. The number of hydrogen-bond donors (Lipinski definition) is 7. The highest BCUT2D eigenvalue weighted by molar-refractivity contribution is 14.1. The number of nitrogens with zero attached hydrogens (tertiary/aromatic N) is 2. The molecule has 0 heterocycles. The summed E-state index contributed by atoms with van der Waals surface area (Å²) < 4.78 is 0. The van der Waals surface area contributed by atoms with E-state index >= 15 is 0 Å². The lowest BCUT2D eigenvalue weighted by Crippen LogP contribution is -2.54. The number of carbonyl (C=O) groups excluding carboxylic acids is 2. The Morgan fingerprint density at radius 2 is 1.40 bits per heavy atom. The van der Waals surface area contributed by atoms with E-state index in [2.05, 4.69) is 33.0 Å². The second-order valence-corrected chi connectivity index (χ2v) is 17.8. The Bertz CT molecular complexity index is 887. The van der Waals surface area contributed by atoms with Crippen LogP contribution in [0.4, 0.5) is 0 Å². The molecule has 7 atom stereocenters. The van der Waals surface area contributed by atoms with Gasteiger partial charge < -0.3 is 45.0 Å². The van der Waals surface area contributed by atoms with Crippen LogP contribution in [0.25, 0.3) is 0 Å². The molecule has 0 radical (unpaired) electrons. The van der Waals surface area contributed by atoms with E-state index in [9.17, 15) is 43.8 Å².